The lowest BCUT2D eigenvalue weighted by Gasteiger charge is -2.17. The summed E-state index contributed by atoms with van der Waals surface area (Å²) in [5.74, 6) is 0. The molecule has 1 unspecified atom stereocenters. The lowest BCUT2D eigenvalue weighted by Crippen LogP contribution is -2.30. The minimum atomic E-state index is 0.206. The summed E-state index contributed by atoms with van der Waals surface area (Å²) in [4.78, 5) is 2.08. The van der Waals surface area contributed by atoms with Gasteiger partial charge in [0.1, 0.15) is 10.9 Å². The Morgan fingerprint density at radius 3 is 2.69 bits per heavy atom. The fourth-order valence-corrected chi connectivity index (χ4v) is 2.87. The van der Waals surface area contributed by atoms with Gasteiger partial charge in [-0.25, -0.2) is 0 Å². The average Bonchev–Trinajstić information content (AvgIpc) is 2.79. The van der Waals surface area contributed by atoms with Crippen molar-refractivity contribution in [1.29, 1.82) is 5.26 Å². The Labute approximate surface area is 82.0 Å². The molecule has 1 aromatic rings. The second kappa shape index (κ2) is 2.83. The number of nitrogens with zero attached hydrogens (tertiary/aromatic N) is 1. The first-order valence-electron chi connectivity index (χ1n) is 4.45. The Bertz CT molecular complexity index is 355. The van der Waals surface area contributed by atoms with E-state index in [9.17, 15) is 0 Å². The summed E-state index contributed by atoms with van der Waals surface area (Å²) in [6, 6.07) is 6.32. The van der Waals surface area contributed by atoms with Crippen LogP contribution in [0.3, 0.4) is 0 Å². The smallest absolute Gasteiger partial charge is 0.110 e. The predicted molar refractivity (Wildman–Crippen MR) is 53.6 cm³/mol. The summed E-state index contributed by atoms with van der Waals surface area (Å²) in [6.45, 7) is 2.05. The van der Waals surface area contributed by atoms with Gasteiger partial charge in [0.15, 0.2) is 0 Å². The van der Waals surface area contributed by atoms with Gasteiger partial charge in [-0.05, 0) is 31.9 Å². The van der Waals surface area contributed by atoms with Crippen molar-refractivity contribution in [2.24, 2.45) is 5.73 Å². The van der Waals surface area contributed by atoms with Gasteiger partial charge in [0.2, 0.25) is 0 Å². The first kappa shape index (κ1) is 8.74. The minimum Gasteiger partial charge on any atom is -0.327 e. The van der Waals surface area contributed by atoms with E-state index in [1.165, 1.54) is 17.7 Å². The minimum absolute atomic E-state index is 0.206. The monoisotopic (exact) mass is 192 g/mol. The van der Waals surface area contributed by atoms with Crippen molar-refractivity contribution < 1.29 is 0 Å². The SMILES string of the molecule is CC(N)C1(c2ccc(C#N)s2)CC1. The van der Waals surface area contributed by atoms with Crippen molar-refractivity contribution in [3.63, 3.8) is 0 Å². The standard InChI is InChI=1S/C10H12N2S/c1-7(12)10(4-5-10)9-3-2-8(6-11)13-9/h2-3,7H,4-5,12H2,1H3. The highest BCUT2D eigenvalue weighted by atomic mass is 32.1. The van der Waals surface area contributed by atoms with Crippen molar-refractivity contribution in [3.8, 4) is 6.07 Å². The molecule has 1 heterocycles. The molecule has 0 radical (unpaired) electrons. The van der Waals surface area contributed by atoms with Gasteiger partial charge in [-0.1, -0.05) is 0 Å². The van der Waals surface area contributed by atoms with Gasteiger partial charge >= 0.3 is 0 Å². The van der Waals surface area contributed by atoms with E-state index in [-0.39, 0.29) is 11.5 Å². The third-order valence-corrected chi connectivity index (χ3v) is 4.08. The Morgan fingerprint density at radius 1 is 1.62 bits per heavy atom. The van der Waals surface area contributed by atoms with Crippen molar-refractivity contribution in [2.75, 3.05) is 0 Å². The molecule has 0 aliphatic heterocycles. The molecule has 2 N–H and O–H groups in total. The first-order chi connectivity index (χ1) is 6.19. The average molecular weight is 192 g/mol. The van der Waals surface area contributed by atoms with Crippen molar-refractivity contribution in [3.05, 3.63) is 21.9 Å². The molecule has 2 nitrogen and oxygen atoms in total. The molecule has 1 saturated carbocycles. The molecule has 0 aromatic carbocycles. The van der Waals surface area contributed by atoms with Crippen LogP contribution < -0.4 is 5.73 Å². The molecule has 0 saturated heterocycles. The second-order valence-corrected chi connectivity index (χ2v) is 4.80. The largest absolute Gasteiger partial charge is 0.327 e. The molecular formula is C10H12N2S. The number of nitriles is 1. The van der Waals surface area contributed by atoms with Crippen LogP contribution in [0.1, 0.15) is 29.5 Å². The summed E-state index contributed by atoms with van der Waals surface area (Å²) in [5, 5.41) is 8.70. The third kappa shape index (κ3) is 1.27. The van der Waals surface area contributed by atoms with Gasteiger partial charge in [-0.3, -0.25) is 0 Å². The van der Waals surface area contributed by atoms with Crippen molar-refractivity contribution in [2.45, 2.75) is 31.2 Å². The number of hydrogen-bond acceptors (Lipinski definition) is 3. The van der Waals surface area contributed by atoms with E-state index >= 15 is 0 Å². The molecule has 1 aliphatic carbocycles. The Morgan fingerprint density at radius 2 is 2.31 bits per heavy atom. The molecule has 0 spiro atoms. The van der Waals surface area contributed by atoms with Crippen LogP contribution in [0, 0.1) is 11.3 Å². The van der Waals surface area contributed by atoms with E-state index in [0.717, 1.165) is 4.88 Å². The van der Waals surface area contributed by atoms with Gasteiger partial charge in [0.05, 0.1) is 0 Å². The molecule has 3 heteroatoms. The number of nitrogens with two attached hydrogens (primary N) is 1. The van der Waals surface area contributed by atoms with E-state index in [2.05, 4.69) is 19.1 Å². The van der Waals surface area contributed by atoms with E-state index in [1.807, 2.05) is 6.07 Å². The summed E-state index contributed by atoms with van der Waals surface area (Å²) >= 11 is 1.59. The van der Waals surface area contributed by atoms with Crippen LogP contribution >= 0.6 is 11.3 Å². The van der Waals surface area contributed by atoms with Gasteiger partial charge in [0, 0.05) is 16.3 Å². The van der Waals surface area contributed by atoms with Crippen LogP contribution in [-0.2, 0) is 5.41 Å². The van der Waals surface area contributed by atoms with E-state index < -0.39 is 0 Å². The van der Waals surface area contributed by atoms with E-state index in [4.69, 9.17) is 11.0 Å². The zero-order valence-corrected chi connectivity index (χ0v) is 8.40. The van der Waals surface area contributed by atoms with Crippen molar-refractivity contribution in [1.82, 2.24) is 0 Å². The molecule has 0 amide bonds. The van der Waals surface area contributed by atoms with Crippen LogP contribution in [0.5, 0.6) is 0 Å². The van der Waals surface area contributed by atoms with Crippen LogP contribution in [-0.4, -0.2) is 6.04 Å². The van der Waals surface area contributed by atoms with Gasteiger partial charge < -0.3 is 5.73 Å². The first-order valence-corrected chi connectivity index (χ1v) is 5.27. The molecule has 13 heavy (non-hydrogen) atoms. The lowest BCUT2D eigenvalue weighted by molar-refractivity contribution is 0.566. The van der Waals surface area contributed by atoms with Crippen LogP contribution in [0.4, 0.5) is 0 Å². The molecule has 1 atom stereocenters. The molecule has 68 valence electrons. The highest BCUT2D eigenvalue weighted by Gasteiger charge is 2.48. The maximum Gasteiger partial charge on any atom is 0.110 e. The van der Waals surface area contributed by atoms with Gasteiger partial charge in [-0.15, -0.1) is 11.3 Å². The molecular weight excluding hydrogens is 180 g/mol. The number of thiophene rings is 1. The lowest BCUT2D eigenvalue weighted by atomic mass is 9.97. The Kier molecular flexibility index (Phi) is 1.90. The number of hydrogen-bond donors (Lipinski definition) is 1. The van der Waals surface area contributed by atoms with Gasteiger partial charge in [0.25, 0.3) is 0 Å². The molecule has 1 fully saturated rings. The molecule has 1 aromatic heterocycles. The van der Waals surface area contributed by atoms with Crippen molar-refractivity contribution >= 4 is 11.3 Å². The van der Waals surface area contributed by atoms with Crippen LogP contribution in [0.25, 0.3) is 0 Å². The highest BCUT2D eigenvalue weighted by Crippen LogP contribution is 2.52. The zero-order chi connectivity index (χ0) is 9.47. The van der Waals surface area contributed by atoms with Crippen LogP contribution in [0.2, 0.25) is 0 Å². The highest BCUT2D eigenvalue weighted by molar-refractivity contribution is 7.12. The third-order valence-electron chi connectivity index (χ3n) is 2.87. The quantitative estimate of drug-likeness (QED) is 0.779. The van der Waals surface area contributed by atoms with E-state index in [0.29, 0.717) is 0 Å². The Balaban J connectivity index is 2.31. The topological polar surface area (TPSA) is 49.8 Å². The maximum absolute atomic E-state index is 8.70. The Hall–Kier alpha value is -0.850. The predicted octanol–water partition coefficient (Wildman–Crippen LogP) is 2.00. The summed E-state index contributed by atoms with van der Waals surface area (Å²) in [6.07, 6.45) is 2.35. The van der Waals surface area contributed by atoms with Gasteiger partial charge in [-0.2, -0.15) is 5.26 Å². The van der Waals surface area contributed by atoms with E-state index in [1.54, 1.807) is 11.3 Å². The fourth-order valence-electron chi connectivity index (χ4n) is 1.73. The second-order valence-electron chi connectivity index (χ2n) is 3.72. The summed E-state index contributed by atoms with van der Waals surface area (Å²) in [7, 11) is 0. The summed E-state index contributed by atoms with van der Waals surface area (Å²) in [5.41, 5.74) is 6.15. The number of rotatable bonds is 2. The molecule has 0 bridgehead atoms. The molecule has 2 rings (SSSR count). The normalized spacial score (nSPS) is 20.7. The van der Waals surface area contributed by atoms with Crippen LogP contribution in [0.15, 0.2) is 12.1 Å². The summed E-state index contributed by atoms with van der Waals surface area (Å²) < 4.78 is 0. The fraction of sp³-hybridized carbons (Fsp3) is 0.500. The zero-order valence-electron chi connectivity index (χ0n) is 7.58. The maximum atomic E-state index is 8.70. The molecule has 1 aliphatic rings.